The molecule has 5 aliphatic heterocycles. The molecule has 5 fully saturated rings. The zero-order valence-electron chi connectivity index (χ0n) is 76.4. The number of nitrogens with zero attached hydrogens (tertiary/aromatic N) is 17. The number of hydrogen-bond acceptors (Lipinski definition) is 23. The minimum atomic E-state index is -0.00432. The minimum absolute atomic E-state index is 0.000836. The van der Waals surface area contributed by atoms with Crippen LogP contribution in [0.15, 0.2) is 0 Å². The van der Waals surface area contributed by atoms with E-state index >= 15 is 0 Å². The van der Waals surface area contributed by atoms with E-state index in [9.17, 15) is 0 Å². The van der Waals surface area contributed by atoms with Crippen LogP contribution in [-0.4, -0.2) is 237 Å². The molecule has 6 N–H and O–H groups in total. The Balaban J connectivity index is 0.992. The van der Waals surface area contributed by atoms with Gasteiger partial charge in [0.1, 0.15) is 34.9 Å². The van der Waals surface area contributed by atoms with Crippen molar-refractivity contribution in [2.45, 2.75) is 431 Å². The van der Waals surface area contributed by atoms with E-state index in [1.807, 2.05) is 0 Å². The van der Waals surface area contributed by atoms with Crippen molar-refractivity contribution >= 4 is 17.8 Å². The third kappa shape index (κ3) is 30.5. The van der Waals surface area contributed by atoms with E-state index in [1.165, 1.54) is 83.7 Å². The normalized spacial score (nSPS) is 21.8. The monoisotopic (exact) mass is 1550 g/mol. The molecule has 5 saturated heterocycles. The highest BCUT2D eigenvalue weighted by Gasteiger charge is 2.45. The molecule has 0 radical (unpaired) electrons. The fraction of sp³-hybridized carbons (Fsp3) is 0.898. The second-order valence-corrected chi connectivity index (χ2v) is 42.5. The molecule has 3 aromatic rings. The predicted octanol–water partition coefficient (Wildman–Crippen LogP) is 14.0. The van der Waals surface area contributed by atoms with Gasteiger partial charge in [-0.25, -0.2) is 15.0 Å². The van der Waals surface area contributed by atoms with Crippen molar-refractivity contribution in [1.82, 2.24) is 101 Å². The zero-order valence-corrected chi connectivity index (χ0v) is 76.4. The number of piperidine rings is 5. The molecule has 0 unspecified atom stereocenters. The van der Waals surface area contributed by atoms with Gasteiger partial charge in [-0.15, -0.1) is 0 Å². The molecule has 23 nitrogen and oxygen atoms in total. The fourth-order valence-corrected chi connectivity index (χ4v) is 20.9. The standard InChI is InChI=1S/C88H167N23/c1-29-31-32-35-40-45-110(46-41-36-33-34-39-44-89-59-71-90-70(30-2)93-77(94-71)109(28)69-57-87(19,20)103-88(21,22)58-69)47-42-37-38-43-48-111(78-97-74(62-106(25)67-53-83(11,12)101-84(13,14)54-67)92-75(98-78)63-107(26)68-55-85(15,16)102-86(17,18)56-68)64-108(27)76-95-72(60-104(23)65-49-79(3,4)99-80(5,6)50-65)91-73(96-76)61-105(24)66-51-81(7,8)100-82(9,10)52-66/h65-69,89,99-103H,29-64H2,1-28H3. The van der Waals surface area contributed by atoms with Crippen LogP contribution in [0.5, 0.6) is 0 Å². The van der Waals surface area contributed by atoms with Crippen LogP contribution in [0.4, 0.5) is 17.8 Å². The summed E-state index contributed by atoms with van der Waals surface area (Å²) in [5.74, 6) is 7.21. The van der Waals surface area contributed by atoms with Gasteiger partial charge in [0.05, 0.1) is 39.4 Å². The smallest absolute Gasteiger partial charge is 0.230 e. The molecule has 0 bridgehead atoms. The molecule has 3 aromatic heterocycles. The largest absolute Gasteiger partial charge is 0.341 e. The van der Waals surface area contributed by atoms with Crippen molar-refractivity contribution in [3.63, 3.8) is 0 Å². The summed E-state index contributed by atoms with van der Waals surface area (Å²) in [5, 5.41) is 23.3. The Kier molecular flexibility index (Phi) is 32.5. The number of hydrogen-bond donors (Lipinski definition) is 6. The highest BCUT2D eigenvalue weighted by atomic mass is 15.4. The van der Waals surface area contributed by atoms with Crippen LogP contribution in [-0.2, 0) is 39.1 Å². The molecule has 0 atom stereocenters. The van der Waals surface area contributed by atoms with Gasteiger partial charge in [-0.3, -0.25) is 19.6 Å². The summed E-state index contributed by atoms with van der Waals surface area (Å²) in [7, 11) is 13.5. The van der Waals surface area contributed by atoms with Gasteiger partial charge in [-0.1, -0.05) is 71.6 Å². The first-order valence-corrected chi connectivity index (χ1v) is 44.2. The molecule has 23 heteroatoms. The molecule has 0 saturated carbocycles. The van der Waals surface area contributed by atoms with Crippen molar-refractivity contribution in [2.24, 2.45) is 0 Å². The van der Waals surface area contributed by atoms with Gasteiger partial charge in [0.25, 0.3) is 0 Å². The van der Waals surface area contributed by atoms with Crippen molar-refractivity contribution in [3.8, 4) is 0 Å². The fourth-order valence-electron chi connectivity index (χ4n) is 20.9. The lowest BCUT2D eigenvalue weighted by atomic mass is 9.79. The number of unbranched alkanes of at least 4 members (excludes halogenated alkanes) is 11. The van der Waals surface area contributed by atoms with Gasteiger partial charge in [0, 0.05) is 113 Å². The average molecular weight is 1550 g/mol. The summed E-state index contributed by atoms with van der Waals surface area (Å²) < 4.78 is 0. The van der Waals surface area contributed by atoms with Gasteiger partial charge in [-0.2, -0.15) is 29.9 Å². The number of anilines is 3. The van der Waals surface area contributed by atoms with Crippen LogP contribution in [0.3, 0.4) is 0 Å². The molecule has 8 heterocycles. The predicted molar refractivity (Wildman–Crippen MR) is 464 cm³/mol. The second-order valence-electron chi connectivity index (χ2n) is 42.5. The van der Waals surface area contributed by atoms with E-state index < -0.39 is 0 Å². The summed E-state index contributed by atoms with van der Waals surface area (Å²) in [5.41, 5.74) is 0.0774. The lowest BCUT2D eigenvalue weighted by Gasteiger charge is -2.49. The Morgan fingerprint density at radius 1 is 0.306 bits per heavy atom. The van der Waals surface area contributed by atoms with E-state index in [2.05, 4.69) is 266 Å². The lowest BCUT2D eigenvalue weighted by molar-refractivity contribution is 0.0739. The van der Waals surface area contributed by atoms with Crippen molar-refractivity contribution in [3.05, 3.63) is 34.9 Å². The van der Waals surface area contributed by atoms with Crippen molar-refractivity contribution in [1.29, 1.82) is 0 Å². The van der Waals surface area contributed by atoms with Crippen LogP contribution in [0, 0.1) is 0 Å². The van der Waals surface area contributed by atoms with Gasteiger partial charge in [0.15, 0.2) is 0 Å². The molecule has 0 aliphatic carbocycles. The van der Waals surface area contributed by atoms with Crippen LogP contribution in [0.25, 0.3) is 0 Å². The first-order chi connectivity index (χ1) is 51.6. The molecule has 111 heavy (non-hydrogen) atoms. The summed E-state index contributed by atoms with van der Waals surface area (Å²) in [4.78, 5) is 67.7. The van der Waals surface area contributed by atoms with E-state index in [0.29, 0.717) is 75.6 Å². The maximum absolute atomic E-state index is 5.60. The maximum Gasteiger partial charge on any atom is 0.230 e. The van der Waals surface area contributed by atoms with E-state index in [0.717, 1.165) is 156 Å². The Morgan fingerprint density at radius 2 is 0.586 bits per heavy atom. The molecule has 0 aromatic carbocycles. The second kappa shape index (κ2) is 39.0. The third-order valence-corrected chi connectivity index (χ3v) is 24.6. The van der Waals surface area contributed by atoms with Crippen molar-refractivity contribution in [2.75, 3.05) is 96.4 Å². The highest BCUT2D eigenvalue weighted by molar-refractivity contribution is 5.37. The van der Waals surface area contributed by atoms with E-state index in [4.69, 9.17) is 44.9 Å². The quantitative estimate of drug-likeness (QED) is 0.0230. The topological polar surface area (TPSA) is 214 Å². The molecule has 5 aliphatic rings. The number of aryl methyl sites for hydroxylation is 1. The first-order valence-electron chi connectivity index (χ1n) is 44.2. The van der Waals surface area contributed by atoms with Crippen LogP contribution < -0.4 is 46.6 Å². The molecular formula is C88H167N23. The first kappa shape index (κ1) is 92.5. The van der Waals surface area contributed by atoms with Crippen LogP contribution >= 0.6 is 0 Å². The lowest BCUT2D eigenvalue weighted by Crippen LogP contribution is -2.62. The van der Waals surface area contributed by atoms with Gasteiger partial charge in [-0.05, 0) is 289 Å². The summed E-state index contributed by atoms with van der Waals surface area (Å²) in [6.07, 6.45) is 28.4. The van der Waals surface area contributed by atoms with Gasteiger partial charge < -0.3 is 51.5 Å². The maximum atomic E-state index is 5.60. The summed E-state index contributed by atoms with van der Waals surface area (Å²) >= 11 is 0. The third-order valence-electron chi connectivity index (χ3n) is 24.6. The van der Waals surface area contributed by atoms with Crippen LogP contribution in [0.2, 0.25) is 0 Å². The number of aromatic nitrogens is 9. The Bertz CT molecular complexity index is 3120. The van der Waals surface area contributed by atoms with E-state index in [1.54, 1.807) is 0 Å². The van der Waals surface area contributed by atoms with Crippen molar-refractivity contribution < 1.29 is 0 Å². The van der Waals surface area contributed by atoms with Gasteiger partial charge in [0.2, 0.25) is 17.8 Å². The molecule has 0 spiro atoms. The van der Waals surface area contributed by atoms with Crippen LogP contribution in [0.1, 0.15) is 341 Å². The van der Waals surface area contributed by atoms with Gasteiger partial charge >= 0.3 is 0 Å². The Morgan fingerprint density at radius 3 is 0.928 bits per heavy atom. The Labute approximate surface area is 678 Å². The molecule has 0 amide bonds. The SMILES string of the molecule is CCCCCCCN(CCCCCCCNCc1nc(CC)nc(N(C)C2CC(C)(C)NC(C)(C)C2)n1)CCCCCCN(CN(C)c1nc(CN(C)C2CC(C)(C)NC(C)(C)C2)nc(CN(C)C2CC(C)(C)NC(C)(C)C2)n1)c1nc(CN(C)C2CC(C)(C)NC(C)(C)C2)nc(CN(C)C2CC(C)(C)NC(C)(C)C2)n1. The molecule has 8 rings (SSSR count). The summed E-state index contributed by atoms with van der Waals surface area (Å²) in [6.45, 7) is 60.2. The average Bonchev–Trinajstić information content (AvgIpc) is 0.744. The number of rotatable bonds is 42. The summed E-state index contributed by atoms with van der Waals surface area (Å²) in [6, 6.07) is 1.79. The van der Waals surface area contributed by atoms with E-state index in [-0.39, 0.29) is 55.4 Å². The number of nitrogens with one attached hydrogen (secondary N) is 6. The molecule has 634 valence electrons. The molecular weight excluding hydrogens is 1380 g/mol. The highest BCUT2D eigenvalue weighted by Crippen LogP contribution is 2.38. The zero-order chi connectivity index (χ0) is 81.8. The minimum Gasteiger partial charge on any atom is -0.341 e. The Hall–Kier alpha value is -4.01.